The Labute approximate surface area is 375 Å². The molecule has 0 spiro atoms. The quantitative estimate of drug-likeness (QED) is 0.115. The first-order chi connectivity index (χ1) is 33.0. The minimum Gasteiger partial charge on any atom is -0.500 e. The molecule has 0 aliphatic rings. The zero-order valence-electron chi connectivity index (χ0n) is 43.7. The van der Waals surface area contributed by atoms with Crippen molar-refractivity contribution in [1.29, 1.82) is 0 Å². The SMILES string of the molecule is [2H]C([2H])(c1ccc(-c2[c-]ccc3c2oc2cc(F)ccc23)nc1)C([2H])([2H])c1cc(C([2H])([2H])C([2H])([2H])c2cnc(-c3[c-]cccc3)cc2C)cc(C([2H])([2H])C([2H])([2H])c2cnc(-c3[c-]cccc3)cc2C)c1.[Ir+3]. The molecule has 0 saturated carbocycles. The number of nitrogens with zero attached hydrogens (tertiary/aromatic N) is 3. The van der Waals surface area contributed by atoms with Crippen LogP contribution in [-0.4, -0.2) is 15.0 Å². The average molecular weight is 959 g/mol. The largest absolute Gasteiger partial charge is 3.00 e. The number of furan rings is 1. The molecule has 0 N–H and O–H groups in total. The second-order valence-corrected chi connectivity index (χ2v) is 13.6. The van der Waals surface area contributed by atoms with Crippen molar-refractivity contribution in [2.24, 2.45) is 0 Å². The summed E-state index contributed by atoms with van der Waals surface area (Å²) in [7, 11) is 0. The van der Waals surface area contributed by atoms with Gasteiger partial charge in [0, 0.05) is 46.5 Å². The average Bonchev–Trinajstić information content (AvgIpc) is 3.71. The topological polar surface area (TPSA) is 51.8 Å². The fourth-order valence-corrected chi connectivity index (χ4v) is 6.56. The van der Waals surface area contributed by atoms with Crippen molar-refractivity contribution in [2.45, 2.75) is 52.1 Å². The third kappa shape index (κ3) is 9.00. The summed E-state index contributed by atoms with van der Waals surface area (Å²) < 4.78 is 133. The van der Waals surface area contributed by atoms with Crippen LogP contribution in [0.2, 0.25) is 0 Å². The number of pyridine rings is 3. The predicted octanol–water partition coefficient (Wildman–Crippen LogP) is 12.3. The Morgan fingerprint density at radius 2 is 1.12 bits per heavy atom. The van der Waals surface area contributed by atoms with Gasteiger partial charge in [0.25, 0.3) is 0 Å². The van der Waals surface area contributed by atoms with Crippen LogP contribution in [0.4, 0.5) is 4.39 Å². The number of fused-ring (bicyclic) bond motifs is 3. The molecule has 4 aromatic heterocycles. The van der Waals surface area contributed by atoms with Gasteiger partial charge in [0.1, 0.15) is 11.4 Å². The van der Waals surface area contributed by atoms with Gasteiger partial charge < -0.3 is 19.4 Å². The van der Waals surface area contributed by atoms with Crippen molar-refractivity contribution in [3.05, 3.63) is 208 Å². The van der Waals surface area contributed by atoms with Crippen LogP contribution in [0.25, 0.3) is 55.7 Å². The van der Waals surface area contributed by atoms with E-state index in [2.05, 4.69) is 33.2 Å². The first-order valence-corrected chi connectivity index (χ1v) is 18.5. The van der Waals surface area contributed by atoms with Gasteiger partial charge in [-0.05, 0) is 115 Å². The minimum absolute atomic E-state index is 0. The Morgan fingerprint density at radius 3 is 1.66 bits per heavy atom. The van der Waals surface area contributed by atoms with Gasteiger partial charge >= 0.3 is 20.1 Å². The molecule has 0 aliphatic heterocycles. The monoisotopic (exact) mass is 959 g/mol. The molecule has 0 saturated heterocycles. The fourth-order valence-electron chi connectivity index (χ4n) is 6.56. The van der Waals surface area contributed by atoms with Gasteiger partial charge in [-0.1, -0.05) is 64.5 Å². The second-order valence-electron chi connectivity index (χ2n) is 13.6. The molecule has 9 rings (SSSR count). The molecule has 0 aliphatic carbocycles. The Bertz CT molecular complexity index is 3310. The molecule has 0 fully saturated rings. The van der Waals surface area contributed by atoms with Crippen molar-refractivity contribution in [1.82, 2.24) is 15.0 Å². The summed E-state index contributed by atoms with van der Waals surface area (Å²) in [6.45, 7) is 3.18. The van der Waals surface area contributed by atoms with Crippen LogP contribution in [0.15, 0.2) is 144 Å². The summed E-state index contributed by atoms with van der Waals surface area (Å²) in [5, 5.41) is 1.32. The smallest absolute Gasteiger partial charge is 0.500 e. The van der Waals surface area contributed by atoms with E-state index in [1.54, 1.807) is 92.7 Å². The molecule has 0 bridgehead atoms. The fraction of sp³-hybridized carbons (Fsp3) is 0.151. The van der Waals surface area contributed by atoms with Crippen LogP contribution in [0.1, 0.15) is 61.0 Å². The van der Waals surface area contributed by atoms with E-state index < -0.39 is 60.7 Å². The summed E-state index contributed by atoms with van der Waals surface area (Å²) in [5.41, 5.74) is 1.74. The van der Waals surface area contributed by atoms with Crippen molar-refractivity contribution in [3.63, 3.8) is 0 Å². The van der Waals surface area contributed by atoms with Crippen LogP contribution < -0.4 is 0 Å². The van der Waals surface area contributed by atoms with Crippen LogP contribution in [0.3, 0.4) is 0 Å². The van der Waals surface area contributed by atoms with E-state index in [-0.39, 0.29) is 42.5 Å². The minimum atomic E-state index is -3.14. The number of hydrogen-bond donors (Lipinski definition) is 0. The molecule has 9 aromatic rings. The Morgan fingerprint density at radius 1 is 0.542 bits per heavy atom. The molecule has 59 heavy (non-hydrogen) atoms. The maximum Gasteiger partial charge on any atom is 3.00 e. The van der Waals surface area contributed by atoms with Crippen molar-refractivity contribution < 1.29 is 45.4 Å². The van der Waals surface area contributed by atoms with E-state index in [9.17, 15) is 20.8 Å². The van der Waals surface area contributed by atoms with Crippen molar-refractivity contribution >= 4 is 21.9 Å². The standard InChI is InChI=1S/C53H41FN3O.Ir/c1-35-26-50(41-10-5-3-6-11-41)56-33-43(35)21-18-39-28-38(29-40(30-39)19-22-44-34-57-51(27-36(44)2)42-12-7-4-8-13-42)17-16-37-20-25-49(55-32-37)48-15-9-14-47-46-24-23-45(54)31-52(46)58-53(47)48;/h3-10,12,14,20,23-34H,16-19,21-22H2,1-2H3;/q-3;+3/i16D2,17D2,18D2,19D2,21D2,22D2;. The summed E-state index contributed by atoms with van der Waals surface area (Å²) in [6, 6.07) is 39.6. The van der Waals surface area contributed by atoms with Gasteiger partial charge in [-0.15, -0.1) is 90.0 Å². The van der Waals surface area contributed by atoms with Crippen LogP contribution in [-0.2, 0) is 58.3 Å². The normalized spacial score (nSPS) is 15.7. The number of aromatic nitrogens is 3. The maximum atomic E-state index is 14.1. The molecular formula is C53H41FIrN3O. The number of aryl methyl sites for hydroxylation is 8. The third-order valence-corrected chi connectivity index (χ3v) is 9.57. The predicted molar refractivity (Wildman–Crippen MR) is 231 cm³/mol. The van der Waals surface area contributed by atoms with Gasteiger partial charge in [0.05, 0.1) is 5.58 Å². The van der Waals surface area contributed by atoms with Crippen LogP contribution in [0.5, 0.6) is 0 Å². The third-order valence-electron chi connectivity index (χ3n) is 9.57. The van der Waals surface area contributed by atoms with Crippen LogP contribution in [0, 0.1) is 37.9 Å². The van der Waals surface area contributed by atoms with Gasteiger partial charge in [-0.2, -0.15) is 0 Å². The molecule has 4 heterocycles. The molecule has 0 unspecified atom stereocenters. The summed E-state index contributed by atoms with van der Waals surface area (Å²) >= 11 is 0. The molecule has 290 valence electrons. The van der Waals surface area contributed by atoms with Gasteiger partial charge in [0.15, 0.2) is 0 Å². The molecule has 0 atom stereocenters. The number of rotatable bonds is 12. The number of hydrogen-bond acceptors (Lipinski definition) is 4. The van der Waals surface area contributed by atoms with Crippen molar-refractivity contribution in [2.75, 3.05) is 0 Å². The summed E-state index contributed by atoms with van der Waals surface area (Å²) in [5.74, 6) is -0.487. The molecule has 6 heteroatoms. The van der Waals surface area contributed by atoms with E-state index in [0.29, 0.717) is 61.1 Å². The Kier molecular flexibility index (Phi) is 8.33. The second kappa shape index (κ2) is 17.8. The van der Waals surface area contributed by atoms with E-state index in [0.717, 1.165) is 24.4 Å². The van der Waals surface area contributed by atoms with E-state index in [4.69, 9.17) is 4.42 Å². The summed E-state index contributed by atoms with van der Waals surface area (Å²) in [6.07, 6.45) is -14.7. The van der Waals surface area contributed by atoms with E-state index >= 15 is 0 Å². The van der Waals surface area contributed by atoms with E-state index in [1.165, 1.54) is 36.7 Å². The molecule has 4 nitrogen and oxygen atoms in total. The summed E-state index contributed by atoms with van der Waals surface area (Å²) in [4.78, 5) is 13.3. The van der Waals surface area contributed by atoms with Gasteiger partial charge in [-0.25, -0.2) is 4.39 Å². The van der Waals surface area contributed by atoms with Crippen molar-refractivity contribution in [3.8, 4) is 33.8 Å². The molecule has 5 aromatic carbocycles. The maximum absolute atomic E-state index is 14.1. The molecule has 0 radical (unpaired) electrons. The van der Waals surface area contributed by atoms with Crippen LogP contribution >= 0.6 is 0 Å². The van der Waals surface area contributed by atoms with Gasteiger partial charge in [-0.3, -0.25) is 0 Å². The zero-order chi connectivity index (χ0) is 50.2. The Balaban J connectivity index is 0.00000676. The van der Waals surface area contributed by atoms with E-state index in [1.807, 2.05) is 0 Å². The zero-order valence-corrected chi connectivity index (χ0v) is 34.1. The molecule has 0 amide bonds. The molecular weight excluding hydrogens is 906 g/mol. The van der Waals surface area contributed by atoms with Gasteiger partial charge in [0.2, 0.25) is 0 Å². The first kappa shape index (κ1) is 27.6. The Hall–Kier alpha value is -6.07. The first-order valence-electron chi connectivity index (χ1n) is 24.5. The number of benzene rings is 5. The number of halogens is 1.